The van der Waals surface area contributed by atoms with Gasteiger partial charge in [0.1, 0.15) is 11.8 Å². The molecule has 8 nitrogen and oxygen atoms in total. The third-order valence-corrected chi connectivity index (χ3v) is 5.65. The van der Waals surface area contributed by atoms with Crippen molar-refractivity contribution in [2.24, 2.45) is 0 Å². The molecule has 0 bridgehead atoms. The van der Waals surface area contributed by atoms with Crippen molar-refractivity contribution in [2.45, 2.75) is 25.8 Å². The van der Waals surface area contributed by atoms with E-state index in [2.05, 4.69) is 10.6 Å². The van der Waals surface area contributed by atoms with Crippen LogP contribution in [0.5, 0.6) is 5.75 Å². The minimum atomic E-state index is -0.568. The van der Waals surface area contributed by atoms with Gasteiger partial charge in [0.25, 0.3) is 11.8 Å². The SMILES string of the molecule is COc1ccc(NC(=O)C2CCCN2C(=O)c2ccc(C)c(NC(=O)c3ccco3)c2)cc1. The molecule has 0 saturated carbocycles. The van der Waals surface area contributed by atoms with E-state index in [4.69, 9.17) is 9.15 Å². The summed E-state index contributed by atoms with van der Waals surface area (Å²) in [5.74, 6) is -0.00751. The summed E-state index contributed by atoms with van der Waals surface area (Å²) in [5.41, 5.74) is 2.36. The number of carbonyl (C=O) groups excluding carboxylic acids is 3. The molecule has 33 heavy (non-hydrogen) atoms. The average molecular weight is 447 g/mol. The molecule has 1 saturated heterocycles. The van der Waals surface area contributed by atoms with E-state index in [0.29, 0.717) is 35.7 Å². The lowest BCUT2D eigenvalue weighted by Gasteiger charge is -2.24. The molecule has 170 valence electrons. The van der Waals surface area contributed by atoms with Crippen molar-refractivity contribution in [2.75, 3.05) is 24.3 Å². The predicted octanol–water partition coefficient (Wildman–Crippen LogP) is 4.09. The highest BCUT2D eigenvalue weighted by Gasteiger charge is 2.34. The normalized spacial score (nSPS) is 15.2. The van der Waals surface area contributed by atoms with Crippen LogP contribution < -0.4 is 15.4 Å². The van der Waals surface area contributed by atoms with E-state index in [1.807, 2.05) is 6.92 Å². The van der Waals surface area contributed by atoms with Crippen LogP contribution in [-0.2, 0) is 4.79 Å². The molecule has 4 rings (SSSR count). The number of aryl methyl sites for hydroxylation is 1. The zero-order chi connectivity index (χ0) is 23.4. The standard InChI is InChI=1S/C25H25N3O5/c1-16-7-8-17(15-20(16)27-24(30)22-6-4-14-33-22)25(31)28-13-3-5-21(28)23(29)26-18-9-11-19(32-2)12-10-18/h4,6-12,14-15,21H,3,5,13H2,1-2H3,(H,26,29)(H,27,30). The van der Waals surface area contributed by atoms with Crippen LogP contribution in [0.25, 0.3) is 0 Å². The number of nitrogens with one attached hydrogen (secondary N) is 2. The summed E-state index contributed by atoms with van der Waals surface area (Å²) in [7, 11) is 1.58. The van der Waals surface area contributed by atoms with Crippen LogP contribution in [0.1, 0.15) is 39.3 Å². The second kappa shape index (κ2) is 9.60. The van der Waals surface area contributed by atoms with Crippen LogP contribution in [0.2, 0.25) is 0 Å². The molecule has 3 aromatic rings. The van der Waals surface area contributed by atoms with Crippen LogP contribution in [0.4, 0.5) is 11.4 Å². The van der Waals surface area contributed by atoms with Crippen molar-refractivity contribution in [3.05, 3.63) is 77.7 Å². The Hall–Kier alpha value is -4.07. The summed E-state index contributed by atoms with van der Waals surface area (Å²) >= 11 is 0. The van der Waals surface area contributed by atoms with Crippen molar-refractivity contribution in [3.8, 4) is 5.75 Å². The van der Waals surface area contributed by atoms with Gasteiger partial charge in [-0.15, -0.1) is 0 Å². The maximum atomic E-state index is 13.3. The highest BCUT2D eigenvalue weighted by molar-refractivity contribution is 6.05. The molecule has 2 N–H and O–H groups in total. The second-order valence-electron chi connectivity index (χ2n) is 7.84. The van der Waals surface area contributed by atoms with E-state index in [1.54, 1.807) is 66.6 Å². The molecule has 3 amide bonds. The van der Waals surface area contributed by atoms with Gasteiger partial charge in [-0.2, -0.15) is 0 Å². The van der Waals surface area contributed by atoms with Gasteiger partial charge in [-0.25, -0.2) is 0 Å². The number of furan rings is 1. The van der Waals surface area contributed by atoms with Gasteiger partial charge in [0.15, 0.2) is 5.76 Å². The second-order valence-corrected chi connectivity index (χ2v) is 7.84. The molecule has 2 heterocycles. The van der Waals surface area contributed by atoms with Crippen molar-refractivity contribution in [1.82, 2.24) is 4.90 Å². The van der Waals surface area contributed by atoms with E-state index in [1.165, 1.54) is 6.26 Å². The lowest BCUT2D eigenvalue weighted by Crippen LogP contribution is -2.43. The Labute approximate surface area is 191 Å². The molecule has 1 aliphatic heterocycles. The maximum absolute atomic E-state index is 13.3. The first-order chi connectivity index (χ1) is 16.0. The number of nitrogens with zero attached hydrogens (tertiary/aromatic N) is 1. The number of hydrogen-bond donors (Lipinski definition) is 2. The Morgan fingerprint density at radius 2 is 1.85 bits per heavy atom. The van der Waals surface area contributed by atoms with Gasteiger partial charge >= 0.3 is 0 Å². The quantitative estimate of drug-likeness (QED) is 0.593. The van der Waals surface area contributed by atoms with E-state index < -0.39 is 11.9 Å². The van der Waals surface area contributed by atoms with Gasteiger partial charge in [-0.05, 0) is 73.9 Å². The Bertz CT molecular complexity index is 1160. The fraction of sp³-hybridized carbons (Fsp3) is 0.240. The monoisotopic (exact) mass is 447 g/mol. The number of hydrogen-bond acceptors (Lipinski definition) is 5. The maximum Gasteiger partial charge on any atom is 0.291 e. The van der Waals surface area contributed by atoms with Crippen molar-refractivity contribution < 1.29 is 23.5 Å². The number of carbonyl (C=O) groups is 3. The van der Waals surface area contributed by atoms with Gasteiger partial charge < -0.3 is 24.7 Å². The topological polar surface area (TPSA) is 101 Å². The van der Waals surface area contributed by atoms with Gasteiger partial charge in [-0.3, -0.25) is 14.4 Å². The number of benzene rings is 2. The summed E-state index contributed by atoms with van der Waals surface area (Å²) in [6.07, 6.45) is 2.74. The van der Waals surface area contributed by atoms with E-state index >= 15 is 0 Å². The summed E-state index contributed by atoms with van der Waals surface area (Å²) in [6, 6.07) is 14.8. The third-order valence-electron chi connectivity index (χ3n) is 5.65. The van der Waals surface area contributed by atoms with Crippen LogP contribution in [0.15, 0.2) is 65.3 Å². The average Bonchev–Trinajstić information content (AvgIpc) is 3.53. The Morgan fingerprint density at radius 3 is 2.55 bits per heavy atom. The lowest BCUT2D eigenvalue weighted by molar-refractivity contribution is -0.119. The molecule has 1 aliphatic rings. The predicted molar refractivity (Wildman–Crippen MR) is 124 cm³/mol. The molecule has 2 aromatic carbocycles. The van der Waals surface area contributed by atoms with E-state index in [0.717, 1.165) is 12.0 Å². The van der Waals surface area contributed by atoms with Crippen LogP contribution in [-0.4, -0.2) is 42.3 Å². The van der Waals surface area contributed by atoms with Gasteiger partial charge in [0.05, 0.1) is 13.4 Å². The number of anilines is 2. The largest absolute Gasteiger partial charge is 0.497 e. The first-order valence-electron chi connectivity index (χ1n) is 10.7. The molecule has 0 radical (unpaired) electrons. The van der Waals surface area contributed by atoms with Gasteiger partial charge in [0, 0.05) is 23.5 Å². The first kappa shape index (κ1) is 22.1. The third kappa shape index (κ3) is 4.90. The smallest absolute Gasteiger partial charge is 0.291 e. The van der Waals surface area contributed by atoms with E-state index in [-0.39, 0.29) is 17.6 Å². The van der Waals surface area contributed by atoms with Crippen LogP contribution in [0.3, 0.4) is 0 Å². The molecule has 8 heteroatoms. The molecule has 0 spiro atoms. The number of rotatable bonds is 6. The Morgan fingerprint density at radius 1 is 1.06 bits per heavy atom. The van der Waals surface area contributed by atoms with Crippen molar-refractivity contribution >= 4 is 29.1 Å². The fourth-order valence-electron chi connectivity index (χ4n) is 3.83. The minimum Gasteiger partial charge on any atom is -0.497 e. The summed E-state index contributed by atoms with van der Waals surface area (Å²) in [4.78, 5) is 40.1. The Kier molecular flexibility index (Phi) is 6.44. The molecule has 1 unspecified atom stereocenters. The molecule has 0 aliphatic carbocycles. The summed E-state index contributed by atoms with van der Waals surface area (Å²) in [6.45, 7) is 2.33. The van der Waals surface area contributed by atoms with Crippen molar-refractivity contribution in [1.29, 1.82) is 0 Å². The molecule has 1 aromatic heterocycles. The fourth-order valence-corrected chi connectivity index (χ4v) is 3.83. The number of amides is 3. The zero-order valence-corrected chi connectivity index (χ0v) is 18.5. The molecule has 1 atom stereocenters. The van der Waals surface area contributed by atoms with Gasteiger partial charge in [-0.1, -0.05) is 6.07 Å². The number of ether oxygens (including phenoxy) is 1. The summed E-state index contributed by atoms with van der Waals surface area (Å²) < 4.78 is 10.3. The molecule has 1 fully saturated rings. The van der Waals surface area contributed by atoms with E-state index in [9.17, 15) is 14.4 Å². The number of likely N-dealkylation sites (tertiary alicyclic amines) is 1. The summed E-state index contributed by atoms with van der Waals surface area (Å²) in [5, 5.41) is 5.66. The number of methoxy groups -OCH3 is 1. The molecular formula is C25H25N3O5. The minimum absolute atomic E-state index is 0.181. The van der Waals surface area contributed by atoms with Gasteiger partial charge in [0.2, 0.25) is 5.91 Å². The van der Waals surface area contributed by atoms with Crippen LogP contribution in [0, 0.1) is 6.92 Å². The molecular weight excluding hydrogens is 422 g/mol. The highest BCUT2D eigenvalue weighted by atomic mass is 16.5. The van der Waals surface area contributed by atoms with Crippen molar-refractivity contribution in [3.63, 3.8) is 0 Å². The van der Waals surface area contributed by atoms with Crippen LogP contribution >= 0.6 is 0 Å². The zero-order valence-electron chi connectivity index (χ0n) is 18.5. The Balaban J connectivity index is 1.48. The first-order valence-corrected chi connectivity index (χ1v) is 10.7. The lowest BCUT2D eigenvalue weighted by atomic mass is 10.1. The highest BCUT2D eigenvalue weighted by Crippen LogP contribution is 2.25.